The third kappa shape index (κ3) is 1.91. The average Bonchev–Trinajstić information content (AvgIpc) is 2.83. The van der Waals surface area contributed by atoms with Crippen molar-refractivity contribution in [3.63, 3.8) is 0 Å². The van der Waals surface area contributed by atoms with Gasteiger partial charge in [0.15, 0.2) is 17.8 Å². The quantitative estimate of drug-likeness (QED) is 0.845. The molecular formula is C11H14O5. The van der Waals surface area contributed by atoms with E-state index in [-0.39, 0.29) is 5.75 Å². The molecule has 16 heavy (non-hydrogen) atoms. The fourth-order valence-corrected chi connectivity index (χ4v) is 1.60. The van der Waals surface area contributed by atoms with E-state index in [1.54, 1.807) is 12.1 Å². The number of methoxy groups -OCH3 is 2. The van der Waals surface area contributed by atoms with Gasteiger partial charge in [0.25, 0.3) is 0 Å². The van der Waals surface area contributed by atoms with Crippen LogP contribution in [0.5, 0.6) is 17.2 Å². The Hall–Kier alpha value is -1.46. The molecule has 1 aliphatic rings. The van der Waals surface area contributed by atoms with Crippen LogP contribution < -0.4 is 9.47 Å². The van der Waals surface area contributed by atoms with Crippen LogP contribution in [-0.4, -0.2) is 32.5 Å². The molecule has 1 aliphatic heterocycles. The van der Waals surface area contributed by atoms with Gasteiger partial charge in [-0.15, -0.1) is 0 Å². The number of aromatic hydroxyl groups is 1. The Morgan fingerprint density at radius 1 is 1.12 bits per heavy atom. The summed E-state index contributed by atoms with van der Waals surface area (Å²) in [6.07, 6.45) is -0.414. The Bertz CT molecular complexity index is 346. The molecule has 0 bridgehead atoms. The number of rotatable bonds is 3. The van der Waals surface area contributed by atoms with Gasteiger partial charge in [0, 0.05) is 5.56 Å². The van der Waals surface area contributed by atoms with E-state index in [9.17, 15) is 5.11 Å². The molecule has 1 aromatic rings. The first-order valence-electron chi connectivity index (χ1n) is 4.94. The molecule has 1 N–H and O–H groups in total. The van der Waals surface area contributed by atoms with E-state index < -0.39 is 6.29 Å². The molecule has 1 heterocycles. The summed E-state index contributed by atoms with van der Waals surface area (Å²) in [6.45, 7) is 1.13. The third-order valence-corrected chi connectivity index (χ3v) is 2.40. The van der Waals surface area contributed by atoms with Gasteiger partial charge in [0.05, 0.1) is 27.4 Å². The van der Waals surface area contributed by atoms with E-state index >= 15 is 0 Å². The van der Waals surface area contributed by atoms with Gasteiger partial charge < -0.3 is 24.1 Å². The van der Waals surface area contributed by atoms with Crippen molar-refractivity contribution in [1.29, 1.82) is 0 Å². The molecule has 1 aromatic carbocycles. The zero-order chi connectivity index (χ0) is 11.5. The van der Waals surface area contributed by atoms with Crippen LogP contribution in [0.15, 0.2) is 12.1 Å². The molecule has 0 spiro atoms. The van der Waals surface area contributed by atoms with Gasteiger partial charge in [-0.25, -0.2) is 0 Å². The summed E-state index contributed by atoms with van der Waals surface area (Å²) in [5.41, 5.74) is 0.768. The summed E-state index contributed by atoms with van der Waals surface area (Å²) in [5, 5.41) is 9.72. The zero-order valence-electron chi connectivity index (χ0n) is 9.23. The smallest absolute Gasteiger partial charge is 0.200 e. The van der Waals surface area contributed by atoms with E-state index in [1.807, 2.05) is 0 Å². The highest BCUT2D eigenvalue weighted by Crippen LogP contribution is 2.40. The van der Waals surface area contributed by atoms with Gasteiger partial charge in [-0.05, 0) is 12.1 Å². The van der Waals surface area contributed by atoms with Crippen LogP contribution in [0.25, 0.3) is 0 Å². The fourth-order valence-electron chi connectivity index (χ4n) is 1.60. The van der Waals surface area contributed by atoms with Crippen LogP contribution in [0.4, 0.5) is 0 Å². The number of hydrogen-bond donors (Lipinski definition) is 1. The lowest BCUT2D eigenvalue weighted by Gasteiger charge is -2.14. The van der Waals surface area contributed by atoms with Crippen molar-refractivity contribution in [2.24, 2.45) is 0 Å². The molecule has 0 aromatic heterocycles. The topological polar surface area (TPSA) is 57.2 Å². The Morgan fingerprint density at radius 2 is 1.62 bits per heavy atom. The van der Waals surface area contributed by atoms with Crippen molar-refractivity contribution in [2.75, 3.05) is 27.4 Å². The van der Waals surface area contributed by atoms with E-state index in [0.717, 1.165) is 5.56 Å². The molecule has 1 saturated heterocycles. The van der Waals surface area contributed by atoms with Crippen LogP contribution >= 0.6 is 0 Å². The molecule has 5 nitrogen and oxygen atoms in total. The van der Waals surface area contributed by atoms with Crippen LogP contribution in [0, 0.1) is 0 Å². The number of phenols is 1. The SMILES string of the molecule is COc1cc(C2OCCO2)cc(OC)c1O. The summed E-state index contributed by atoms with van der Waals surface area (Å²) >= 11 is 0. The van der Waals surface area contributed by atoms with Crippen molar-refractivity contribution < 1.29 is 24.1 Å². The summed E-state index contributed by atoms with van der Waals surface area (Å²) in [6, 6.07) is 3.35. The normalized spacial score (nSPS) is 16.4. The van der Waals surface area contributed by atoms with Crippen molar-refractivity contribution in [1.82, 2.24) is 0 Å². The first kappa shape index (κ1) is 11.0. The first-order chi connectivity index (χ1) is 7.76. The minimum atomic E-state index is -0.414. The summed E-state index contributed by atoms with van der Waals surface area (Å²) in [7, 11) is 2.96. The molecular weight excluding hydrogens is 212 g/mol. The maximum Gasteiger partial charge on any atom is 0.200 e. The Balaban J connectivity index is 2.37. The monoisotopic (exact) mass is 226 g/mol. The second-order valence-corrected chi connectivity index (χ2v) is 3.35. The van der Waals surface area contributed by atoms with Gasteiger partial charge in [0.1, 0.15) is 0 Å². The van der Waals surface area contributed by atoms with E-state index in [1.165, 1.54) is 14.2 Å². The summed E-state index contributed by atoms with van der Waals surface area (Å²) in [4.78, 5) is 0. The molecule has 0 unspecified atom stereocenters. The fraction of sp³-hybridized carbons (Fsp3) is 0.455. The second kappa shape index (κ2) is 4.59. The minimum absolute atomic E-state index is 0.0215. The van der Waals surface area contributed by atoms with Gasteiger partial charge in [-0.1, -0.05) is 0 Å². The molecule has 0 amide bonds. The highest BCUT2D eigenvalue weighted by molar-refractivity contribution is 5.53. The van der Waals surface area contributed by atoms with Gasteiger partial charge in [0.2, 0.25) is 5.75 Å². The predicted octanol–water partition coefficient (Wildman–Crippen LogP) is 1.45. The highest BCUT2D eigenvalue weighted by atomic mass is 16.7. The lowest BCUT2D eigenvalue weighted by atomic mass is 10.1. The summed E-state index contributed by atoms with van der Waals surface area (Å²) < 4.78 is 20.8. The average molecular weight is 226 g/mol. The van der Waals surface area contributed by atoms with Crippen molar-refractivity contribution >= 4 is 0 Å². The van der Waals surface area contributed by atoms with E-state index in [2.05, 4.69) is 0 Å². The molecule has 88 valence electrons. The highest BCUT2D eigenvalue weighted by Gasteiger charge is 2.22. The van der Waals surface area contributed by atoms with Crippen molar-refractivity contribution in [2.45, 2.75) is 6.29 Å². The number of ether oxygens (including phenoxy) is 4. The molecule has 1 fully saturated rings. The van der Waals surface area contributed by atoms with Crippen LogP contribution in [0.2, 0.25) is 0 Å². The maximum atomic E-state index is 9.72. The summed E-state index contributed by atoms with van der Waals surface area (Å²) in [5.74, 6) is 0.661. The van der Waals surface area contributed by atoms with Crippen LogP contribution in [0.3, 0.4) is 0 Å². The lowest BCUT2D eigenvalue weighted by molar-refractivity contribution is -0.0443. The zero-order valence-corrected chi connectivity index (χ0v) is 9.23. The van der Waals surface area contributed by atoms with E-state index in [4.69, 9.17) is 18.9 Å². The molecule has 5 heteroatoms. The van der Waals surface area contributed by atoms with Gasteiger partial charge in [-0.3, -0.25) is 0 Å². The molecule has 0 aliphatic carbocycles. The minimum Gasteiger partial charge on any atom is -0.502 e. The second-order valence-electron chi connectivity index (χ2n) is 3.35. The van der Waals surface area contributed by atoms with Gasteiger partial charge >= 0.3 is 0 Å². The molecule has 0 saturated carbocycles. The van der Waals surface area contributed by atoms with Gasteiger partial charge in [-0.2, -0.15) is 0 Å². The third-order valence-electron chi connectivity index (χ3n) is 2.40. The van der Waals surface area contributed by atoms with E-state index in [0.29, 0.717) is 24.7 Å². The molecule has 2 rings (SSSR count). The number of phenolic OH excluding ortho intramolecular Hbond substituents is 1. The standard InChI is InChI=1S/C11H14O5/c1-13-8-5-7(11-15-3-4-16-11)6-9(14-2)10(8)12/h5-6,11-12H,3-4H2,1-2H3. The Labute approximate surface area is 93.5 Å². The molecule has 0 atom stereocenters. The Morgan fingerprint density at radius 3 is 2.06 bits per heavy atom. The van der Waals surface area contributed by atoms with Crippen LogP contribution in [0.1, 0.15) is 11.9 Å². The largest absolute Gasteiger partial charge is 0.502 e. The predicted molar refractivity (Wildman–Crippen MR) is 55.9 cm³/mol. The Kier molecular flexibility index (Phi) is 3.17. The first-order valence-corrected chi connectivity index (χ1v) is 4.94. The number of hydrogen-bond acceptors (Lipinski definition) is 5. The number of benzene rings is 1. The molecule has 0 radical (unpaired) electrons. The van der Waals surface area contributed by atoms with Crippen molar-refractivity contribution in [3.05, 3.63) is 17.7 Å². The van der Waals surface area contributed by atoms with Crippen LogP contribution in [-0.2, 0) is 9.47 Å². The van der Waals surface area contributed by atoms with Crippen molar-refractivity contribution in [3.8, 4) is 17.2 Å². The maximum absolute atomic E-state index is 9.72. The lowest BCUT2D eigenvalue weighted by Crippen LogP contribution is -2.00.